The van der Waals surface area contributed by atoms with E-state index < -0.39 is 0 Å². The number of benzene rings is 2. The molecule has 1 aromatic heterocycles. The maximum Gasteiger partial charge on any atom is 0.231 e. The van der Waals surface area contributed by atoms with E-state index >= 15 is 0 Å². The van der Waals surface area contributed by atoms with Crippen molar-refractivity contribution in [1.82, 2.24) is 9.55 Å². The van der Waals surface area contributed by atoms with Crippen molar-refractivity contribution in [1.29, 1.82) is 0 Å². The molecule has 1 aliphatic rings. The quantitative estimate of drug-likeness (QED) is 0.803. The Morgan fingerprint density at radius 2 is 1.96 bits per heavy atom. The average molecular weight is 321 g/mol. The van der Waals surface area contributed by atoms with Gasteiger partial charge in [-0.05, 0) is 41.8 Å². The third-order valence-electron chi connectivity index (χ3n) is 4.48. The number of methoxy groups -OCH3 is 1. The molecule has 2 heterocycles. The van der Waals surface area contributed by atoms with Gasteiger partial charge in [0.15, 0.2) is 0 Å². The number of anilines is 1. The summed E-state index contributed by atoms with van der Waals surface area (Å²) in [4.78, 5) is 6.49. The second-order valence-corrected chi connectivity index (χ2v) is 6.05. The fraction of sp³-hybridized carbons (Fsp3) is 0.211. The first-order valence-electron chi connectivity index (χ1n) is 7.91. The summed E-state index contributed by atoms with van der Waals surface area (Å²) in [5.41, 5.74) is 4.76. The van der Waals surface area contributed by atoms with Crippen molar-refractivity contribution in [2.24, 2.45) is 0 Å². The number of aryl methyl sites for hydroxylation is 1. The van der Waals surface area contributed by atoms with Crippen LogP contribution in [0.5, 0.6) is 11.6 Å². The standard InChI is InChI=1S/C19H19N3O2/c1-13-4-3-5-17-16(13)11-21(19-20-18(23)12-22(17)19)10-14-6-8-15(24-2)9-7-14/h3-9,12,23H,10-11H2,1-2H3. The van der Waals surface area contributed by atoms with Crippen LogP contribution in [0.3, 0.4) is 0 Å². The number of hydrogen-bond acceptors (Lipinski definition) is 4. The van der Waals surface area contributed by atoms with Crippen LogP contribution >= 0.6 is 0 Å². The highest BCUT2D eigenvalue weighted by Crippen LogP contribution is 2.34. The van der Waals surface area contributed by atoms with Crippen LogP contribution in [0.15, 0.2) is 48.7 Å². The van der Waals surface area contributed by atoms with Crippen LogP contribution < -0.4 is 9.64 Å². The minimum Gasteiger partial charge on any atom is -0.497 e. The van der Waals surface area contributed by atoms with Gasteiger partial charge in [-0.25, -0.2) is 0 Å². The summed E-state index contributed by atoms with van der Waals surface area (Å²) in [6.45, 7) is 3.60. The van der Waals surface area contributed by atoms with E-state index in [9.17, 15) is 5.11 Å². The van der Waals surface area contributed by atoms with E-state index in [2.05, 4.69) is 41.1 Å². The van der Waals surface area contributed by atoms with Crippen LogP contribution in [-0.4, -0.2) is 21.8 Å². The van der Waals surface area contributed by atoms with E-state index in [1.807, 2.05) is 22.8 Å². The van der Waals surface area contributed by atoms with Crippen molar-refractivity contribution in [3.05, 3.63) is 65.4 Å². The summed E-state index contributed by atoms with van der Waals surface area (Å²) in [5, 5.41) is 9.90. The van der Waals surface area contributed by atoms with Gasteiger partial charge in [0, 0.05) is 13.1 Å². The highest BCUT2D eigenvalue weighted by atomic mass is 16.5. The second-order valence-electron chi connectivity index (χ2n) is 6.05. The van der Waals surface area contributed by atoms with E-state index in [4.69, 9.17) is 4.74 Å². The molecule has 0 saturated carbocycles. The fourth-order valence-corrected chi connectivity index (χ4v) is 3.22. The van der Waals surface area contributed by atoms with Crippen LogP contribution in [0.4, 0.5) is 5.95 Å². The first-order chi connectivity index (χ1) is 11.7. The molecular formula is C19H19N3O2. The van der Waals surface area contributed by atoms with Gasteiger partial charge in [0.05, 0.1) is 19.0 Å². The molecule has 5 nitrogen and oxygen atoms in total. The van der Waals surface area contributed by atoms with Crippen molar-refractivity contribution in [3.8, 4) is 17.3 Å². The Balaban J connectivity index is 1.73. The van der Waals surface area contributed by atoms with Gasteiger partial charge in [-0.3, -0.25) is 4.57 Å². The number of rotatable bonds is 3. The molecule has 24 heavy (non-hydrogen) atoms. The Kier molecular flexibility index (Phi) is 3.41. The second kappa shape index (κ2) is 5.60. The van der Waals surface area contributed by atoms with Crippen molar-refractivity contribution in [2.45, 2.75) is 20.0 Å². The number of hydrogen-bond donors (Lipinski definition) is 1. The smallest absolute Gasteiger partial charge is 0.231 e. The molecule has 1 N–H and O–H groups in total. The third-order valence-corrected chi connectivity index (χ3v) is 4.48. The summed E-state index contributed by atoms with van der Waals surface area (Å²) in [6.07, 6.45) is 1.67. The highest BCUT2D eigenvalue weighted by molar-refractivity contribution is 5.58. The largest absolute Gasteiger partial charge is 0.497 e. The average Bonchev–Trinajstić information content (AvgIpc) is 2.99. The SMILES string of the molecule is COc1ccc(CN2Cc3c(C)cccc3-n3cc(O)nc32)cc1. The van der Waals surface area contributed by atoms with Gasteiger partial charge < -0.3 is 14.7 Å². The normalized spacial score (nSPS) is 12.7. The topological polar surface area (TPSA) is 50.5 Å². The van der Waals surface area contributed by atoms with Crippen molar-refractivity contribution < 1.29 is 9.84 Å². The molecule has 0 radical (unpaired) electrons. The summed E-state index contributed by atoms with van der Waals surface area (Å²) >= 11 is 0. The number of aromatic hydroxyl groups is 1. The van der Waals surface area contributed by atoms with E-state index in [0.717, 1.165) is 23.9 Å². The molecule has 0 amide bonds. The molecule has 0 fully saturated rings. The maximum absolute atomic E-state index is 9.90. The lowest BCUT2D eigenvalue weighted by atomic mass is 10.0. The first-order valence-corrected chi connectivity index (χ1v) is 7.91. The number of ether oxygens (including phenoxy) is 1. The Bertz CT molecular complexity index is 884. The van der Waals surface area contributed by atoms with E-state index in [1.165, 1.54) is 16.7 Å². The highest BCUT2D eigenvalue weighted by Gasteiger charge is 2.25. The van der Waals surface area contributed by atoms with E-state index in [1.54, 1.807) is 13.3 Å². The molecule has 0 unspecified atom stereocenters. The van der Waals surface area contributed by atoms with Crippen LogP contribution in [0, 0.1) is 6.92 Å². The van der Waals surface area contributed by atoms with Crippen molar-refractivity contribution >= 4 is 5.95 Å². The van der Waals surface area contributed by atoms with Crippen molar-refractivity contribution in [3.63, 3.8) is 0 Å². The number of aromatic nitrogens is 2. The molecule has 1 aliphatic heterocycles. The van der Waals surface area contributed by atoms with Crippen LogP contribution in [0.1, 0.15) is 16.7 Å². The van der Waals surface area contributed by atoms with Crippen LogP contribution in [0.25, 0.3) is 5.69 Å². The van der Waals surface area contributed by atoms with Gasteiger partial charge in [-0.1, -0.05) is 24.3 Å². The van der Waals surface area contributed by atoms with Gasteiger partial charge in [-0.2, -0.15) is 4.98 Å². The Morgan fingerprint density at radius 1 is 1.17 bits per heavy atom. The number of imidazole rings is 1. The maximum atomic E-state index is 9.90. The van der Waals surface area contributed by atoms with E-state index in [0.29, 0.717) is 6.54 Å². The number of nitrogens with zero attached hydrogens (tertiary/aromatic N) is 3. The lowest BCUT2D eigenvalue weighted by Crippen LogP contribution is -2.30. The number of fused-ring (bicyclic) bond motifs is 3. The third kappa shape index (κ3) is 2.38. The molecule has 0 saturated heterocycles. The molecule has 122 valence electrons. The molecule has 2 aromatic carbocycles. The summed E-state index contributed by atoms with van der Waals surface area (Å²) in [5.74, 6) is 1.65. The molecule has 3 aromatic rings. The Morgan fingerprint density at radius 3 is 2.71 bits per heavy atom. The minimum absolute atomic E-state index is 0.0408. The molecule has 0 spiro atoms. The Labute approximate surface area is 140 Å². The van der Waals surface area contributed by atoms with Gasteiger partial charge in [-0.15, -0.1) is 0 Å². The molecule has 0 aliphatic carbocycles. The predicted octanol–water partition coefficient (Wildman–Crippen LogP) is 3.42. The van der Waals surface area contributed by atoms with Gasteiger partial charge in [0.2, 0.25) is 11.8 Å². The van der Waals surface area contributed by atoms with Crippen LogP contribution in [-0.2, 0) is 13.1 Å². The zero-order valence-corrected chi connectivity index (χ0v) is 13.7. The van der Waals surface area contributed by atoms with Crippen molar-refractivity contribution in [2.75, 3.05) is 12.0 Å². The molecule has 5 heteroatoms. The fourth-order valence-electron chi connectivity index (χ4n) is 3.22. The van der Waals surface area contributed by atoms with Crippen LogP contribution in [0.2, 0.25) is 0 Å². The lowest BCUT2D eigenvalue weighted by molar-refractivity contribution is 0.414. The zero-order valence-electron chi connectivity index (χ0n) is 13.7. The molecule has 0 bridgehead atoms. The Hall–Kier alpha value is -2.95. The summed E-state index contributed by atoms with van der Waals surface area (Å²) in [7, 11) is 1.67. The lowest BCUT2D eigenvalue weighted by Gasteiger charge is -2.31. The van der Waals surface area contributed by atoms with Gasteiger partial charge in [0.25, 0.3) is 0 Å². The molecular weight excluding hydrogens is 302 g/mol. The summed E-state index contributed by atoms with van der Waals surface area (Å²) < 4.78 is 7.18. The monoisotopic (exact) mass is 321 g/mol. The van der Waals surface area contributed by atoms with Gasteiger partial charge in [0.1, 0.15) is 5.75 Å². The first kappa shape index (κ1) is 14.6. The van der Waals surface area contributed by atoms with Gasteiger partial charge >= 0.3 is 0 Å². The minimum atomic E-state index is 0.0408. The molecule has 0 atom stereocenters. The predicted molar refractivity (Wildman–Crippen MR) is 92.8 cm³/mol. The molecule has 4 rings (SSSR count). The van der Waals surface area contributed by atoms with E-state index in [-0.39, 0.29) is 5.88 Å². The summed E-state index contributed by atoms with van der Waals surface area (Å²) in [6, 6.07) is 14.3. The zero-order chi connectivity index (χ0) is 16.7.